The van der Waals surface area contributed by atoms with Gasteiger partial charge in [0, 0.05) is 33.2 Å². The number of hydrogen-bond donors (Lipinski definition) is 1. The van der Waals surface area contributed by atoms with Crippen LogP contribution in [0, 0.1) is 5.41 Å². The summed E-state index contributed by atoms with van der Waals surface area (Å²) in [5.74, 6) is 0.656. The molecule has 7 heteroatoms. The fourth-order valence-corrected chi connectivity index (χ4v) is 4.57. The predicted octanol–water partition coefficient (Wildman–Crippen LogP) is 3.13. The van der Waals surface area contributed by atoms with E-state index in [0.29, 0.717) is 23.1 Å². The van der Waals surface area contributed by atoms with Gasteiger partial charge in [-0.25, -0.2) is 0 Å². The summed E-state index contributed by atoms with van der Waals surface area (Å²) >= 11 is 0. The molecule has 1 aromatic rings. The standard InChI is InChI=1S/C21H28N4O2.HI/c1-22-20(24-14-11-21(15-24)9-6-10-21)23-12-4-5-13-25-18(26)16-7-2-3-8-17(16)19(25)27;/h2-3,7-8H,4-6,9-15H2,1H3,(H,22,23);1H. The van der Waals surface area contributed by atoms with Gasteiger partial charge in [0.2, 0.25) is 0 Å². The Bertz CT molecular complexity index is 740. The molecule has 152 valence electrons. The van der Waals surface area contributed by atoms with Crippen LogP contribution in [0.15, 0.2) is 29.3 Å². The highest BCUT2D eigenvalue weighted by Crippen LogP contribution is 2.47. The Kier molecular flexibility index (Phi) is 6.62. The Morgan fingerprint density at radius 1 is 1.11 bits per heavy atom. The number of rotatable bonds is 5. The molecule has 3 aliphatic rings. The maximum atomic E-state index is 12.4. The molecule has 2 aliphatic heterocycles. The number of hydrogen-bond acceptors (Lipinski definition) is 3. The lowest BCUT2D eigenvalue weighted by molar-refractivity contribution is 0.0652. The van der Waals surface area contributed by atoms with Crippen molar-refractivity contribution in [1.29, 1.82) is 0 Å². The molecule has 1 spiro atoms. The van der Waals surface area contributed by atoms with Crippen molar-refractivity contribution in [3.8, 4) is 0 Å². The van der Waals surface area contributed by atoms with E-state index in [-0.39, 0.29) is 35.8 Å². The Morgan fingerprint density at radius 2 is 1.79 bits per heavy atom. The molecule has 4 rings (SSSR count). The van der Waals surface area contributed by atoms with E-state index in [1.165, 1.54) is 30.6 Å². The summed E-state index contributed by atoms with van der Waals surface area (Å²) in [4.78, 5) is 32.9. The quantitative estimate of drug-likeness (QED) is 0.224. The van der Waals surface area contributed by atoms with Gasteiger partial charge >= 0.3 is 0 Å². The summed E-state index contributed by atoms with van der Waals surface area (Å²) in [5.41, 5.74) is 1.61. The van der Waals surface area contributed by atoms with Crippen molar-refractivity contribution in [3.63, 3.8) is 0 Å². The Hall–Kier alpha value is -1.64. The van der Waals surface area contributed by atoms with Gasteiger partial charge in [-0.05, 0) is 49.7 Å². The van der Waals surface area contributed by atoms with Gasteiger partial charge in [-0.15, -0.1) is 24.0 Å². The normalized spacial score (nSPS) is 20.2. The second-order valence-electron chi connectivity index (χ2n) is 8.01. The number of fused-ring (bicyclic) bond motifs is 1. The van der Waals surface area contributed by atoms with Crippen molar-refractivity contribution in [2.24, 2.45) is 10.4 Å². The number of unbranched alkanes of at least 4 members (excludes halogenated alkanes) is 1. The summed E-state index contributed by atoms with van der Waals surface area (Å²) in [5, 5.41) is 3.45. The molecule has 0 bridgehead atoms. The largest absolute Gasteiger partial charge is 0.356 e. The third kappa shape index (κ3) is 3.90. The van der Waals surface area contributed by atoms with E-state index in [9.17, 15) is 9.59 Å². The van der Waals surface area contributed by atoms with Gasteiger partial charge in [0.25, 0.3) is 11.8 Å². The zero-order chi connectivity index (χ0) is 18.9. The zero-order valence-corrected chi connectivity index (χ0v) is 18.8. The smallest absolute Gasteiger partial charge is 0.261 e. The topological polar surface area (TPSA) is 65.0 Å². The lowest BCUT2D eigenvalue weighted by Gasteiger charge is -2.38. The number of nitrogens with one attached hydrogen (secondary N) is 1. The summed E-state index contributed by atoms with van der Waals surface area (Å²) < 4.78 is 0. The molecule has 1 saturated heterocycles. The van der Waals surface area contributed by atoms with E-state index in [2.05, 4.69) is 15.2 Å². The molecule has 0 radical (unpaired) electrons. The van der Waals surface area contributed by atoms with Crippen LogP contribution in [-0.4, -0.2) is 60.8 Å². The van der Waals surface area contributed by atoms with Gasteiger partial charge in [0.1, 0.15) is 0 Å². The van der Waals surface area contributed by atoms with Crippen LogP contribution in [-0.2, 0) is 0 Å². The summed E-state index contributed by atoms with van der Waals surface area (Å²) in [6.07, 6.45) is 7.07. The van der Waals surface area contributed by atoms with Crippen molar-refractivity contribution in [2.75, 3.05) is 33.2 Å². The molecule has 0 atom stereocenters. The molecule has 28 heavy (non-hydrogen) atoms. The third-order valence-corrected chi connectivity index (χ3v) is 6.33. The second-order valence-corrected chi connectivity index (χ2v) is 8.01. The molecule has 6 nitrogen and oxygen atoms in total. The first-order valence-electron chi connectivity index (χ1n) is 10.0. The Balaban J connectivity index is 0.00000225. The first kappa shape index (κ1) is 21.1. The van der Waals surface area contributed by atoms with Gasteiger partial charge in [-0.3, -0.25) is 19.5 Å². The molecule has 1 N–H and O–H groups in total. The van der Waals surface area contributed by atoms with Gasteiger partial charge in [0.15, 0.2) is 5.96 Å². The highest BCUT2D eigenvalue weighted by atomic mass is 127. The molecule has 2 heterocycles. The first-order valence-corrected chi connectivity index (χ1v) is 10.0. The van der Waals surface area contributed by atoms with Crippen LogP contribution in [0.1, 0.15) is 59.2 Å². The van der Waals surface area contributed by atoms with Gasteiger partial charge in [0.05, 0.1) is 11.1 Å². The SMILES string of the molecule is CN=C(NCCCCN1C(=O)c2ccccc2C1=O)N1CCC2(CCC2)C1.I. The minimum atomic E-state index is -0.165. The molecule has 1 saturated carbocycles. The first-order chi connectivity index (χ1) is 13.1. The minimum Gasteiger partial charge on any atom is -0.356 e. The average molecular weight is 496 g/mol. The summed E-state index contributed by atoms with van der Waals surface area (Å²) in [6, 6.07) is 7.06. The lowest BCUT2D eigenvalue weighted by atomic mass is 9.68. The van der Waals surface area contributed by atoms with E-state index in [0.717, 1.165) is 38.4 Å². The fraction of sp³-hybridized carbons (Fsp3) is 0.571. The molecular formula is C21H29IN4O2. The third-order valence-electron chi connectivity index (χ3n) is 6.33. The molecule has 2 fully saturated rings. The Labute approximate surface area is 183 Å². The molecule has 2 amide bonds. The minimum absolute atomic E-state index is 0. The number of halogens is 1. The lowest BCUT2D eigenvalue weighted by Crippen LogP contribution is -2.43. The zero-order valence-electron chi connectivity index (χ0n) is 16.4. The molecular weight excluding hydrogens is 467 g/mol. The number of guanidine groups is 1. The average Bonchev–Trinajstić information content (AvgIpc) is 3.21. The van der Waals surface area contributed by atoms with Crippen molar-refractivity contribution < 1.29 is 9.59 Å². The molecule has 1 aliphatic carbocycles. The maximum Gasteiger partial charge on any atom is 0.261 e. The number of nitrogens with zero attached hydrogens (tertiary/aromatic N) is 3. The van der Waals surface area contributed by atoms with Gasteiger partial charge < -0.3 is 10.2 Å². The van der Waals surface area contributed by atoms with Crippen LogP contribution in [0.2, 0.25) is 0 Å². The predicted molar refractivity (Wildman–Crippen MR) is 120 cm³/mol. The van der Waals surface area contributed by atoms with Crippen LogP contribution in [0.3, 0.4) is 0 Å². The number of carbonyl (C=O) groups excluding carboxylic acids is 2. The van der Waals surface area contributed by atoms with Gasteiger partial charge in [-0.1, -0.05) is 18.6 Å². The van der Waals surface area contributed by atoms with Gasteiger partial charge in [-0.2, -0.15) is 0 Å². The highest BCUT2D eigenvalue weighted by Gasteiger charge is 2.43. The van der Waals surface area contributed by atoms with E-state index >= 15 is 0 Å². The number of carbonyl (C=O) groups is 2. The van der Waals surface area contributed by atoms with Crippen LogP contribution in [0.5, 0.6) is 0 Å². The van der Waals surface area contributed by atoms with Crippen molar-refractivity contribution in [1.82, 2.24) is 15.1 Å². The van der Waals surface area contributed by atoms with E-state index in [1.807, 2.05) is 7.05 Å². The van der Waals surface area contributed by atoms with E-state index < -0.39 is 0 Å². The number of amides is 2. The van der Waals surface area contributed by atoms with Crippen LogP contribution in [0.25, 0.3) is 0 Å². The highest BCUT2D eigenvalue weighted by molar-refractivity contribution is 14.0. The number of likely N-dealkylation sites (tertiary alicyclic amines) is 1. The molecule has 0 aromatic heterocycles. The number of aliphatic imine (C=N–C) groups is 1. The molecule has 0 unspecified atom stereocenters. The maximum absolute atomic E-state index is 12.4. The van der Waals surface area contributed by atoms with E-state index in [1.54, 1.807) is 24.3 Å². The van der Waals surface area contributed by atoms with Crippen LogP contribution >= 0.6 is 24.0 Å². The second kappa shape index (κ2) is 8.80. The Morgan fingerprint density at radius 3 is 2.32 bits per heavy atom. The van der Waals surface area contributed by atoms with Crippen LogP contribution < -0.4 is 5.32 Å². The monoisotopic (exact) mass is 496 g/mol. The summed E-state index contributed by atoms with van der Waals surface area (Å²) in [6.45, 7) is 3.50. The van der Waals surface area contributed by atoms with E-state index in [4.69, 9.17) is 0 Å². The molecule has 1 aromatic carbocycles. The number of benzene rings is 1. The van der Waals surface area contributed by atoms with Crippen molar-refractivity contribution >= 4 is 41.8 Å². The summed E-state index contributed by atoms with van der Waals surface area (Å²) in [7, 11) is 1.84. The fourth-order valence-electron chi connectivity index (χ4n) is 4.57. The number of imide groups is 1. The van der Waals surface area contributed by atoms with Crippen molar-refractivity contribution in [3.05, 3.63) is 35.4 Å². The van der Waals surface area contributed by atoms with Crippen molar-refractivity contribution in [2.45, 2.75) is 38.5 Å². The van der Waals surface area contributed by atoms with Crippen LogP contribution in [0.4, 0.5) is 0 Å².